The molecule has 3 nitrogen and oxygen atoms in total. The standard InChI is InChI=1S/C3H8N3.ClH.Ti/c1-4-2-6-3-5-1;;/h4-5H,1-3H2;1H;/q-1;;+2/p-1. The van der Waals surface area contributed by atoms with E-state index in [0.717, 1.165) is 20.0 Å². The summed E-state index contributed by atoms with van der Waals surface area (Å²) in [5.41, 5.74) is 0. The first-order valence-electron chi connectivity index (χ1n) is 2.24. The second-order valence-electron chi connectivity index (χ2n) is 1.22. The summed E-state index contributed by atoms with van der Waals surface area (Å²) in [5, 5.41) is 9.97. The molecule has 0 saturated carbocycles. The van der Waals surface area contributed by atoms with Gasteiger partial charge >= 0.3 is 28.7 Å². The van der Waals surface area contributed by atoms with E-state index in [-0.39, 0.29) is 0 Å². The molecule has 2 N–H and O–H groups in total. The maximum absolute atomic E-state index is 4.64. The molecule has 8 heavy (non-hydrogen) atoms. The minimum atomic E-state index is 0.812. The van der Waals surface area contributed by atoms with Crippen molar-refractivity contribution in [2.45, 2.75) is 0 Å². The second kappa shape index (κ2) is 7.88. The molecule has 1 aliphatic heterocycles. The number of nitrogens with zero attached hydrogens (tertiary/aromatic N) is 1. The van der Waals surface area contributed by atoms with E-state index in [1.165, 1.54) is 19.4 Å². The van der Waals surface area contributed by atoms with Crippen molar-refractivity contribution in [2.24, 2.45) is 0 Å². The van der Waals surface area contributed by atoms with Gasteiger partial charge in [-0.05, 0) is 0 Å². The molecule has 1 rings (SSSR count). The number of hydrogen-bond acceptors (Lipinski definition) is 2. The van der Waals surface area contributed by atoms with Gasteiger partial charge in [-0.15, -0.1) is 0 Å². The zero-order valence-corrected chi connectivity index (χ0v) is 6.76. The number of halogens is 1. The summed E-state index contributed by atoms with van der Waals surface area (Å²) in [4.78, 5) is 0. The molecular weight excluding hydrogens is 161 g/mol. The van der Waals surface area contributed by atoms with Crippen molar-refractivity contribution >= 4 is 9.30 Å². The van der Waals surface area contributed by atoms with Crippen LogP contribution in [-0.2, 0) is 19.4 Å². The molecule has 0 aromatic heterocycles. The van der Waals surface area contributed by atoms with Crippen molar-refractivity contribution in [3.63, 3.8) is 0 Å². The molecular formula is C3H8ClN3Ti. The van der Waals surface area contributed by atoms with Gasteiger partial charge in [0, 0.05) is 6.67 Å². The maximum atomic E-state index is 4.64. The van der Waals surface area contributed by atoms with E-state index < -0.39 is 0 Å². The first-order valence-corrected chi connectivity index (χ1v) is 4.38. The Balaban J connectivity index is 0.000000222. The topological polar surface area (TPSA) is 38.2 Å². The van der Waals surface area contributed by atoms with Crippen LogP contribution in [-0.4, -0.2) is 20.0 Å². The van der Waals surface area contributed by atoms with Crippen LogP contribution >= 0.6 is 9.30 Å². The Morgan fingerprint density at radius 2 is 1.75 bits per heavy atom. The third kappa shape index (κ3) is 5.03. The van der Waals surface area contributed by atoms with Crippen LogP contribution in [0, 0.1) is 0 Å². The Morgan fingerprint density at radius 1 is 1.25 bits per heavy atom. The average molecular weight is 169 g/mol. The van der Waals surface area contributed by atoms with E-state index in [2.05, 4.69) is 25.3 Å². The third-order valence-electron chi connectivity index (χ3n) is 0.697. The Labute approximate surface area is 64.8 Å². The molecule has 0 spiro atoms. The van der Waals surface area contributed by atoms with E-state index in [1.54, 1.807) is 0 Å². The normalized spacial score (nSPS) is 18.5. The van der Waals surface area contributed by atoms with E-state index in [0.29, 0.717) is 0 Å². The molecule has 5 heteroatoms. The Bertz CT molecular complexity index is 30.0. The second-order valence-corrected chi connectivity index (χ2v) is 1.22. The van der Waals surface area contributed by atoms with Crippen molar-refractivity contribution in [1.82, 2.24) is 10.6 Å². The van der Waals surface area contributed by atoms with Gasteiger partial charge in [0.2, 0.25) is 0 Å². The molecule has 46 valence electrons. The van der Waals surface area contributed by atoms with Crippen molar-refractivity contribution in [3.8, 4) is 0 Å². The van der Waals surface area contributed by atoms with E-state index in [4.69, 9.17) is 0 Å². The van der Waals surface area contributed by atoms with E-state index >= 15 is 0 Å². The first kappa shape index (κ1) is 8.88. The fourth-order valence-corrected chi connectivity index (χ4v) is 0.414. The molecule has 0 aliphatic carbocycles. The van der Waals surface area contributed by atoms with Crippen LogP contribution in [0.15, 0.2) is 0 Å². The van der Waals surface area contributed by atoms with Crippen LogP contribution in [0.3, 0.4) is 0 Å². The van der Waals surface area contributed by atoms with Gasteiger partial charge < -0.3 is 16.0 Å². The summed E-state index contributed by atoms with van der Waals surface area (Å²) in [6, 6.07) is 0. The van der Waals surface area contributed by atoms with Crippen molar-refractivity contribution < 1.29 is 19.4 Å². The Morgan fingerprint density at radius 3 is 1.88 bits per heavy atom. The van der Waals surface area contributed by atoms with Gasteiger partial charge in [0.05, 0.1) is 0 Å². The molecule has 0 aromatic rings. The zero-order chi connectivity index (χ0) is 6.24. The SMILES string of the molecule is C1[N-]CNCN1.[Cl][Ti+]. The summed E-state index contributed by atoms with van der Waals surface area (Å²) in [5.74, 6) is 0. The van der Waals surface area contributed by atoms with Gasteiger partial charge in [0.1, 0.15) is 0 Å². The van der Waals surface area contributed by atoms with Crippen LogP contribution in [0.1, 0.15) is 0 Å². The molecule has 1 fully saturated rings. The van der Waals surface area contributed by atoms with Crippen molar-refractivity contribution in [1.29, 1.82) is 0 Å². The quantitative estimate of drug-likeness (QED) is 0.505. The van der Waals surface area contributed by atoms with Crippen LogP contribution in [0.25, 0.3) is 5.32 Å². The minimum absolute atomic E-state index is 0.812. The van der Waals surface area contributed by atoms with Gasteiger partial charge in [-0.2, -0.15) is 0 Å². The van der Waals surface area contributed by atoms with Gasteiger partial charge in [0.15, 0.2) is 0 Å². The fraction of sp³-hybridized carbons (Fsp3) is 1.00. The summed E-state index contributed by atoms with van der Waals surface area (Å²) in [6.07, 6.45) is 0. The van der Waals surface area contributed by atoms with Crippen LogP contribution in [0.5, 0.6) is 0 Å². The Kier molecular flexibility index (Phi) is 8.76. The molecule has 1 aliphatic rings. The number of hydrogen-bond donors (Lipinski definition) is 2. The molecule has 0 atom stereocenters. The molecule has 0 amide bonds. The molecule has 1 heterocycles. The van der Waals surface area contributed by atoms with Crippen molar-refractivity contribution in [3.05, 3.63) is 5.32 Å². The van der Waals surface area contributed by atoms with Crippen LogP contribution in [0.4, 0.5) is 0 Å². The predicted octanol–water partition coefficient (Wildman–Crippen LogP) is 0.112. The molecule has 0 aromatic carbocycles. The monoisotopic (exact) mass is 169 g/mol. The molecule has 0 bridgehead atoms. The average Bonchev–Trinajstić information content (AvgIpc) is 1.96. The predicted molar refractivity (Wildman–Crippen MR) is 30.1 cm³/mol. The number of nitrogens with one attached hydrogen (secondary N) is 2. The molecule has 0 unspecified atom stereocenters. The van der Waals surface area contributed by atoms with Gasteiger partial charge in [-0.3, -0.25) is 0 Å². The number of rotatable bonds is 0. The third-order valence-corrected chi connectivity index (χ3v) is 0.697. The van der Waals surface area contributed by atoms with E-state index in [9.17, 15) is 0 Å². The fourth-order valence-electron chi connectivity index (χ4n) is 0.414. The van der Waals surface area contributed by atoms with Gasteiger partial charge in [0.25, 0.3) is 0 Å². The zero-order valence-electron chi connectivity index (χ0n) is 4.45. The molecule has 1 saturated heterocycles. The van der Waals surface area contributed by atoms with Gasteiger partial charge in [-0.1, -0.05) is 13.3 Å². The van der Waals surface area contributed by atoms with Crippen LogP contribution in [0.2, 0.25) is 0 Å². The van der Waals surface area contributed by atoms with Gasteiger partial charge in [-0.25, -0.2) is 0 Å². The first-order chi connectivity index (χ1) is 4.00. The summed E-state index contributed by atoms with van der Waals surface area (Å²) >= 11 is 1.47. The summed E-state index contributed by atoms with van der Waals surface area (Å²) in [7, 11) is 4.64. The summed E-state index contributed by atoms with van der Waals surface area (Å²) in [6.45, 7) is 2.53. The van der Waals surface area contributed by atoms with Crippen molar-refractivity contribution in [2.75, 3.05) is 20.0 Å². The molecule has 0 radical (unpaired) electrons. The van der Waals surface area contributed by atoms with E-state index in [1.807, 2.05) is 0 Å². The Hall–Kier alpha value is 0.884. The summed E-state index contributed by atoms with van der Waals surface area (Å²) < 4.78 is 0. The van der Waals surface area contributed by atoms with Crippen LogP contribution < -0.4 is 10.6 Å².